The summed E-state index contributed by atoms with van der Waals surface area (Å²) < 4.78 is 1.02. The van der Waals surface area contributed by atoms with Crippen molar-refractivity contribution in [1.29, 1.82) is 0 Å². The Morgan fingerprint density at radius 1 is 1.20 bits per heavy atom. The molecule has 0 bridgehead atoms. The first kappa shape index (κ1) is 15.0. The van der Waals surface area contributed by atoms with Gasteiger partial charge in [-0.05, 0) is 42.5 Å². The number of hydrogen-bond donors (Lipinski definition) is 2. The van der Waals surface area contributed by atoms with Crippen molar-refractivity contribution in [1.82, 2.24) is 0 Å². The molecule has 1 aliphatic carbocycles. The number of carboxylic acids is 1. The summed E-state index contributed by atoms with van der Waals surface area (Å²) in [5, 5.41) is 11.9. The van der Waals surface area contributed by atoms with Crippen molar-refractivity contribution in [2.24, 2.45) is 17.3 Å². The van der Waals surface area contributed by atoms with E-state index in [-0.39, 0.29) is 5.91 Å². The van der Waals surface area contributed by atoms with Crippen LogP contribution in [0.1, 0.15) is 25.0 Å². The van der Waals surface area contributed by atoms with Gasteiger partial charge < -0.3 is 10.4 Å². The van der Waals surface area contributed by atoms with Gasteiger partial charge in [-0.1, -0.05) is 29.8 Å². The average Bonchev–Trinajstić information content (AvgIpc) is 2.89. The number of aliphatic carboxylic acids is 1. The zero-order valence-corrected chi connectivity index (χ0v) is 13.5. The van der Waals surface area contributed by atoms with E-state index < -0.39 is 23.2 Å². The lowest BCUT2D eigenvalue weighted by Crippen LogP contribution is -2.18. The number of aryl methyl sites for hydroxylation is 2. The van der Waals surface area contributed by atoms with Gasteiger partial charge in [0.2, 0.25) is 5.91 Å². The molecule has 1 amide bonds. The van der Waals surface area contributed by atoms with Gasteiger partial charge in [0.05, 0.1) is 11.8 Å². The van der Waals surface area contributed by atoms with Crippen molar-refractivity contribution in [3.05, 3.63) is 27.7 Å². The van der Waals surface area contributed by atoms with Crippen LogP contribution in [0.4, 0.5) is 5.69 Å². The third kappa shape index (κ3) is 2.46. The first-order valence-corrected chi connectivity index (χ1v) is 7.26. The van der Waals surface area contributed by atoms with Crippen LogP contribution in [0.5, 0.6) is 0 Å². The number of hydrogen-bond acceptors (Lipinski definition) is 2. The minimum absolute atomic E-state index is 0.219. The topological polar surface area (TPSA) is 66.4 Å². The van der Waals surface area contributed by atoms with E-state index in [4.69, 9.17) is 5.11 Å². The van der Waals surface area contributed by atoms with Gasteiger partial charge in [0.1, 0.15) is 0 Å². The van der Waals surface area contributed by atoms with E-state index in [1.165, 1.54) is 0 Å². The van der Waals surface area contributed by atoms with Crippen molar-refractivity contribution in [3.8, 4) is 0 Å². The summed E-state index contributed by atoms with van der Waals surface area (Å²) in [6, 6.07) is 3.75. The lowest BCUT2D eigenvalue weighted by Gasteiger charge is -2.10. The summed E-state index contributed by atoms with van der Waals surface area (Å²) in [6.45, 7) is 7.53. The molecule has 4 nitrogen and oxygen atoms in total. The van der Waals surface area contributed by atoms with E-state index in [1.54, 1.807) is 0 Å². The maximum absolute atomic E-state index is 12.2. The summed E-state index contributed by atoms with van der Waals surface area (Å²) in [4.78, 5) is 23.3. The van der Waals surface area contributed by atoms with Gasteiger partial charge in [0.25, 0.3) is 0 Å². The van der Waals surface area contributed by atoms with Gasteiger partial charge in [-0.3, -0.25) is 9.59 Å². The second-order valence-electron chi connectivity index (χ2n) is 6.03. The molecule has 2 N–H and O–H groups in total. The molecule has 2 unspecified atom stereocenters. The van der Waals surface area contributed by atoms with Crippen molar-refractivity contribution >= 4 is 33.5 Å². The van der Waals surface area contributed by atoms with Crippen molar-refractivity contribution in [3.63, 3.8) is 0 Å². The van der Waals surface area contributed by atoms with Gasteiger partial charge >= 0.3 is 5.97 Å². The lowest BCUT2D eigenvalue weighted by atomic mass is 10.1. The molecule has 5 heteroatoms. The molecule has 0 heterocycles. The Morgan fingerprint density at radius 3 is 2.10 bits per heavy atom. The molecule has 1 aromatic carbocycles. The molecule has 1 aromatic rings. The number of halogens is 1. The molecule has 20 heavy (non-hydrogen) atoms. The Kier molecular flexibility index (Phi) is 3.67. The van der Waals surface area contributed by atoms with Crippen LogP contribution in [0.25, 0.3) is 0 Å². The second-order valence-corrected chi connectivity index (χ2v) is 6.82. The minimum Gasteiger partial charge on any atom is -0.481 e. The molecule has 0 aromatic heterocycles. The van der Waals surface area contributed by atoms with Crippen LogP contribution in [0, 0.1) is 31.1 Å². The van der Waals surface area contributed by atoms with Crippen molar-refractivity contribution in [2.75, 3.05) is 5.32 Å². The highest BCUT2D eigenvalue weighted by molar-refractivity contribution is 9.10. The quantitative estimate of drug-likeness (QED) is 0.887. The van der Waals surface area contributed by atoms with E-state index in [1.807, 2.05) is 39.8 Å². The third-order valence-electron chi connectivity index (χ3n) is 4.08. The largest absolute Gasteiger partial charge is 0.481 e. The van der Waals surface area contributed by atoms with Crippen LogP contribution in [0.15, 0.2) is 16.6 Å². The fraction of sp³-hybridized carbons (Fsp3) is 0.467. The van der Waals surface area contributed by atoms with E-state index in [0.29, 0.717) is 5.69 Å². The summed E-state index contributed by atoms with van der Waals surface area (Å²) in [7, 11) is 0. The second kappa shape index (κ2) is 4.88. The Bertz CT molecular complexity index is 572. The first-order chi connectivity index (χ1) is 9.16. The highest BCUT2D eigenvalue weighted by Gasteiger charge is 2.65. The lowest BCUT2D eigenvalue weighted by molar-refractivity contribution is -0.140. The molecule has 0 saturated heterocycles. The summed E-state index contributed by atoms with van der Waals surface area (Å²) in [6.07, 6.45) is 0. The molecule has 0 radical (unpaired) electrons. The summed E-state index contributed by atoms with van der Waals surface area (Å²) in [5.41, 5.74) is 2.30. The van der Waals surface area contributed by atoms with Crippen molar-refractivity contribution < 1.29 is 14.7 Å². The Balaban J connectivity index is 2.16. The molecule has 1 aliphatic rings. The molecule has 2 atom stereocenters. The maximum Gasteiger partial charge on any atom is 0.307 e. The van der Waals surface area contributed by atoms with E-state index in [0.717, 1.165) is 15.6 Å². The molecule has 108 valence electrons. The predicted molar refractivity (Wildman–Crippen MR) is 80.6 cm³/mol. The molecule has 0 spiro atoms. The van der Waals surface area contributed by atoms with Gasteiger partial charge in [-0.15, -0.1) is 0 Å². The van der Waals surface area contributed by atoms with Crippen LogP contribution in [0.2, 0.25) is 0 Å². The van der Waals surface area contributed by atoms with E-state index in [9.17, 15) is 9.59 Å². The number of anilines is 1. The Morgan fingerprint density at radius 2 is 1.70 bits per heavy atom. The fourth-order valence-electron chi connectivity index (χ4n) is 2.83. The average molecular weight is 340 g/mol. The molecule has 0 aliphatic heterocycles. The standard InChI is InChI=1S/C15H18BrNO3/c1-7-5-9(6-8(2)12(7)16)17-13(18)10-11(14(19)20)15(10,3)4/h5-6,10-11H,1-4H3,(H,17,18)(H,19,20). The minimum atomic E-state index is -0.904. The van der Waals surface area contributed by atoms with Crippen LogP contribution < -0.4 is 5.32 Å². The number of carboxylic acid groups (broad SMARTS) is 1. The third-order valence-corrected chi connectivity index (χ3v) is 5.33. The number of carbonyl (C=O) groups is 2. The highest BCUT2D eigenvalue weighted by atomic mass is 79.9. The SMILES string of the molecule is Cc1cc(NC(=O)C2C(C(=O)O)C2(C)C)cc(C)c1Br. The van der Waals surface area contributed by atoms with Crippen molar-refractivity contribution in [2.45, 2.75) is 27.7 Å². The van der Waals surface area contributed by atoms with Gasteiger partial charge in [0.15, 0.2) is 0 Å². The number of rotatable bonds is 3. The smallest absolute Gasteiger partial charge is 0.307 e. The molecule has 1 saturated carbocycles. The number of carbonyl (C=O) groups excluding carboxylic acids is 1. The zero-order chi connectivity index (χ0) is 15.2. The maximum atomic E-state index is 12.2. The van der Waals surface area contributed by atoms with E-state index in [2.05, 4.69) is 21.2 Å². The highest BCUT2D eigenvalue weighted by Crippen LogP contribution is 2.58. The molecule has 2 rings (SSSR count). The summed E-state index contributed by atoms with van der Waals surface area (Å²) in [5.74, 6) is -2.19. The number of benzene rings is 1. The van der Waals surface area contributed by atoms with Crippen LogP contribution in [-0.2, 0) is 9.59 Å². The first-order valence-electron chi connectivity index (χ1n) is 6.46. The van der Waals surface area contributed by atoms with Gasteiger partial charge in [-0.25, -0.2) is 0 Å². The van der Waals surface area contributed by atoms with Crippen LogP contribution >= 0.6 is 15.9 Å². The van der Waals surface area contributed by atoms with E-state index >= 15 is 0 Å². The fourth-order valence-corrected chi connectivity index (χ4v) is 3.05. The normalized spacial score (nSPS) is 23.2. The number of amides is 1. The van der Waals surface area contributed by atoms with Crippen LogP contribution in [0.3, 0.4) is 0 Å². The molecular formula is C15H18BrNO3. The zero-order valence-electron chi connectivity index (χ0n) is 12.0. The Labute approximate surface area is 126 Å². The predicted octanol–water partition coefficient (Wildman–Crippen LogP) is 3.36. The van der Waals surface area contributed by atoms with Gasteiger partial charge in [-0.2, -0.15) is 0 Å². The monoisotopic (exact) mass is 339 g/mol. The Hall–Kier alpha value is -1.36. The van der Waals surface area contributed by atoms with Crippen LogP contribution in [-0.4, -0.2) is 17.0 Å². The molecule has 1 fully saturated rings. The molecular weight excluding hydrogens is 322 g/mol. The van der Waals surface area contributed by atoms with Gasteiger partial charge in [0, 0.05) is 10.2 Å². The summed E-state index contributed by atoms with van der Waals surface area (Å²) >= 11 is 3.48. The number of nitrogens with one attached hydrogen (secondary N) is 1.